The fourth-order valence-electron chi connectivity index (χ4n) is 3.84. The molecule has 0 bridgehead atoms. The van der Waals surface area contributed by atoms with Crippen molar-refractivity contribution in [1.29, 1.82) is 0 Å². The Morgan fingerprint density at radius 2 is 1.85 bits per heavy atom. The predicted octanol–water partition coefficient (Wildman–Crippen LogP) is 3.01. The second-order valence-electron chi connectivity index (χ2n) is 6.91. The SMILES string of the molecule is NC(=O)c1c(C2(c3ccc(Cl)cc3)CC2)[nH]n2c(=O)c3ccccc3nc12. The molecule has 1 aliphatic rings. The van der Waals surface area contributed by atoms with E-state index in [0.717, 1.165) is 18.4 Å². The van der Waals surface area contributed by atoms with Crippen LogP contribution in [0.3, 0.4) is 0 Å². The fraction of sp³-hybridized carbons (Fsp3) is 0.150. The van der Waals surface area contributed by atoms with Crippen molar-refractivity contribution in [3.8, 4) is 0 Å². The topological polar surface area (TPSA) is 93.3 Å². The highest BCUT2D eigenvalue weighted by molar-refractivity contribution is 6.30. The van der Waals surface area contributed by atoms with Gasteiger partial charge in [0.2, 0.25) is 0 Å². The minimum atomic E-state index is -0.605. The molecule has 2 aromatic carbocycles. The van der Waals surface area contributed by atoms with Gasteiger partial charge in [0, 0.05) is 10.4 Å². The van der Waals surface area contributed by atoms with Gasteiger partial charge in [-0.3, -0.25) is 14.7 Å². The molecule has 2 heterocycles. The summed E-state index contributed by atoms with van der Waals surface area (Å²) in [5.41, 5.74) is 7.80. The first-order valence-electron chi connectivity index (χ1n) is 8.61. The summed E-state index contributed by atoms with van der Waals surface area (Å²) in [6.45, 7) is 0. The number of H-pyrrole nitrogens is 1. The molecule has 3 N–H and O–H groups in total. The first kappa shape index (κ1) is 16.1. The second kappa shape index (κ2) is 5.44. The van der Waals surface area contributed by atoms with Gasteiger partial charge in [-0.05, 0) is 42.7 Å². The van der Waals surface area contributed by atoms with E-state index in [-0.39, 0.29) is 22.2 Å². The molecule has 1 saturated carbocycles. The molecule has 134 valence electrons. The highest BCUT2D eigenvalue weighted by atomic mass is 35.5. The largest absolute Gasteiger partial charge is 0.365 e. The van der Waals surface area contributed by atoms with Gasteiger partial charge in [0.1, 0.15) is 5.56 Å². The summed E-state index contributed by atoms with van der Waals surface area (Å²) in [5, 5.41) is 4.26. The van der Waals surface area contributed by atoms with Crippen LogP contribution in [0.25, 0.3) is 16.6 Å². The first-order chi connectivity index (χ1) is 13.0. The summed E-state index contributed by atoms with van der Waals surface area (Å²) in [7, 11) is 0. The van der Waals surface area contributed by atoms with Gasteiger partial charge in [-0.25, -0.2) is 9.50 Å². The second-order valence-corrected chi connectivity index (χ2v) is 7.34. The van der Waals surface area contributed by atoms with Crippen LogP contribution < -0.4 is 11.3 Å². The number of aromatic amines is 1. The molecule has 4 aromatic rings. The third-order valence-corrected chi connectivity index (χ3v) is 5.60. The molecule has 5 rings (SSSR count). The van der Waals surface area contributed by atoms with Crippen LogP contribution in [-0.2, 0) is 5.41 Å². The highest BCUT2D eigenvalue weighted by Crippen LogP contribution is 2.54. The number of nitrogens with zero attached hydrogens (tertiary/aromatic N) is 2. The third-order valence-electron chi connectivity index (χ3n) is 5.34. The summed E-state index contributed by atoms with van der Waals surface area (Å²) in [4.78, 5) is 29.8. The zero-order chi connectivity index (χ0) is 18.8. The maximum atomic E-state index is 12.9. The van der Waals surface area contributed by atoms with Gasteiger partial charge in [0.05, 0.1) is 16.6 Å². The predicted molar refractivity (Wildman–Crippen MR) is 103 cm³/mol. The van der Waals surface area contributed by atoms with E-state index in [9.17, 15) is 9.59 Å². The molecule has 0 radical (unpaired) electrons. The molecule has 0 atom stereocenters. The molecule has 1 amide bonds. The number of rotatable bonds is 3. The van der Waals surface area contributed by atoms with E-state index in [0.29, 0.717) is 21.6 Å². The lowest BCUT2D eigenvalue weighted by atomic mass is 9.90. The Morgan fingerprint density at radius 1 is 1.15 bits per heavy atom. The maximum Gasteiger partial charge on any atom is 0.280 e. The molecule has 1 fully saturated rings. The molecular formula is C20H15ClN4O2. The van der Waals surface area contributed by atoms with Crippen molar-refractivity contribution in [2.75, 3.05) is 0 Å². The van der Waals surface area contributed by atoms with Crippen LogP contribution in [0, 0.1) is 0 Å². The maximum absolute atomic E-state index is 12.9. The Morgan fingerprint density at radius 3 is 2.52 bits per heavy atom. The van der Waals surface area contributed by atoms with Crippen molar-refractivity contribution in [2.24, 2.45) is 5.73 Å². The number of aromatic nitrogens is 3. The Kier molecular flexibility index (Phi) is 3.24. The Labute approximate surface area is 158 Å². The van der Waals surface area contributed by atoms with E-state index < -0.39 is 5.91 Å². The number of para-hydroxylation sites is 1. The standard InChI is InChI=1S/C20H15ClN4O2/c21-12-7-5-11(6-8-12)20(9-10-20)16-15(17(22)26)18-23-14-4-2-1-3-13(14)19(27)25(18)24-16/h1-8,24H,9-10H2,(H2,22,26). The average Bonchev–Trinajstić information content (AvgIpc) is 3.37. The highest BCUT2D eigenvalue weighted by Gasteiger charge is 2.50. The van der Waals surface area contributed by atoms with Gasteiger partial charge >= 0.3 is 0 Å². The molecule has 27 heavy (non-hydrogen) atoms. The van der Waals surface area contributed by atoms with Crippen LogP contribution in [-0.4, -0.2) is 20.5 Å². The van der Waals surface area contributed by atoms with Crippen LogP contribution in [0.1, 0.15) is 34.5 Å². The molecule has 2 aromatic heterocycles. The third kappa shape index (κ3) is 2.23. The molecule has 0 spiro atoms. The Balaban J connectivity index is 1.85. The zero-order valence-electron chi connectivity index (χ0n) is 14.2. The lowest BCUT2D eigenvalue weighted by molar-refractivity contribution is 0.100. The summed E-state index contributed by atoms with van der Waals surface area (Å²) in [6, 6.07) is 14.6. The van der Waals surface area contributed by atoms with Crippen molar-refractivity contribution in [2.45, 2.75) is 18.3 Å². The Bertz CT molecular complexity index is 1280. The van der Waals surface area contributed by atoms with E-state index in [1.54, 1.807) is 24.3 Å². The summed E-state index contributed by atoms with van der Waals surface area (Å²) in [6.07, 6.45) is 1.69. The molecule has 6 nitrogen and oxygen atoms in total. The number of primary amides is 1. The molecular weight excluding hydrogens is 364 g/mol. The number of amides is 1. The fourth-order valence-corrected chi connectivity index (χ4v) is 3.97. The quantitative estimate of drug-likeness (QED) is 0.573. The smallest absolute Gasteiger partial charge is 0.280 e. The van der Waals surface area contributed by atoms with Gasteiger partial charge in [-0.2, -0.15) is 0 Å². The number of hydrogen-bond donors (Lipinski definition) is 2. The van der Waals surface area contributed by atoms with Gasteiger partial charge in [0.15, 0.2) is 5.65 Å². The molecule has 1 aliphatic carbocycles. The average molecular weight is 379 g/mol. The summed E-state index contributed by atoms with van der Waals surface area (Å²) in [5.74, 6) is -0.605. The van der Waals surface area contributed by atoms with Crippen LogP contribution >= 0.6 is 11.6 Å². The van der Waals surface area contributed by atoms with E-state index in [4.69, 9.17) is 17.3 Å². The number of nitrogens with two attached hydrogens (primary N) is 1. The number of fused-ring (bicyclic) bond motifs is 2. The van der Waals surface area contributed by atoms with E-state index in [1.807, 2.05) is 24.3 Å². The van der Waals surface area contributed by atoms with Crippen molar-refractivity contribution in [3.05, 3.63) is 80.7 Å². The van der Waals surface area contributed by atoms with Crippen molar-refractivity contribution >= 4 is 34.1 Å². The number of halogens is 1. The summed E-state index contributed by atoms with van der Waals surface area (Å²) >= 11 is 6.02. The van der Waals surface area contributed by atoms with Crippen molar-refractivity contribution < 1.29 is 4.79 Å². The monoisotopic (exact) mass is 378 g/mol. The lowest BCUT2D eigenvalue weighted by Gasteiger charge is -2.15. The van der Waals surface area contributed by atoms with Crippen LogP contribution in [0.5, 0.6) is 0 Å². The van der Waals surface area contributed by atoms with Crippen molar-refractivity contribution in [1.82, 2.24) is 14.6 Å². The molecule has 0 aliphatic heterocycles. The minimum Gasteiger partial charge on any atom is -0.365 e. The van der Waals surface area contributed by atoms with E-state index in [1.165, 1.54) is 4.52 Å². The van der Waals surface area contributed by atoms with Crippen molar-refractivity contribution in [3.63, 3.8) is 0 Å². The number of nitrogens with one attached hydrogen (secondary N) is 1. The van der Waals surface area contributed by atoms with Gasteiger partial charge in [-0.15, -0.1) is 0 Å². The van der Waals surface area contributed by atoms with Gasteiger partial charge in [0.25, 0.3) is 11.5 Å². The van der Waals surface area contributed by atoms with Crippen LogP contribution in [0.15, 0.2) is 53.3 Å². The van der Waals surface area contributed by atoms with E-state index >= 15 is 0 Å². The Hall–Kier alpha value is -3.12. The number of carbonyl (C=O) groups excluding carboxylic acids is 1. The summed E-state index contributed by atoms with van der Waals surface area (Å²) < 4.78 is 1.33. The molecule has 0 saturated heterocycles. The number of hydrogen-bond acceptors (Lipinski definition) is 3. The van der Waals surface area contributed by atoms with Crippen LogP contribution in [0.2, 0.25) is 5.02 Å². The molecule has 0 unspecified atom stereocenters. The van der Waals surface area contributed by atoms with Gasteiger partial charge < -0.3 is 5.73 Å². The van der Waals surface area contributed by atoms with E-state index in [2.05, 4.69) is 10.1 Å². The minimum absolute atomic E-state index is 0.253. The zero-order valence-corrected chi connectivity index (χ0v) is 15.0. The van der Waals surface area contributed by atoms with Gasteiger partial charge in [-0.1, -0.05) is 35.9 Å². The first-order valence-corrected chi connectivity index (χ1v) is 8.99. The normalized spacial score (nSPS) is 15.3. The lowest BCUT2D eigenvalue weighted by Crippen LogP contribution is -2.19. The number of carbonyl (C=O) groups is 1. The molecule has 7 heteroatoms. The van der Waals surface area contributed by atoms with Crippen LogP contribution in [0.4, 0.5) is 0 Å². The number of benzene rings is 2.